The van der Waals surface area contributed by atoms with Crippen LogP contribution >= 0.6 is 0 Å². The minimum atomic E-state index is 0.485. The van der Waals surface area contributed by atoms with E-state index in [4.69, 9.17) is 4.74 Å². The lowest BCUT2D eigenvalue weighted by molar-refractivity contribution is 0.174. The molecule has 1 aromatic carbocycles. The second-order valence-electron chi connectivity index (χ2n) is 5.77. The average Bonchev–Trinajstić information content (AvgIpc) is 2.55. The van der Waals surface area contributed by atoms with E-state index < -0.39 is 0 Å². The molecule has 1 unspecified atom stereocenters. The molecule has 118 valence electrons. The first-order chi connectivity index (χ1) is 10.2. The van der Waals surface area contributed by atoms with Gasteiger partial charge >= 0.3 is 0 Å². The number of nitrogens with zero attached hydrogens (tertiary/aromatic N) is 2. The van der Waals surface area contributed by atoms with Gasteiger partial charge in [-0.25, -0.2) is 0 Å². The largest absolute Gasteiger partial charge is 0.497 e. The topological polar surface area (TPSA) is 27.7 Å². The van der Waals surface area contributed by atoms with Gasteiger partial charge in [0, 0.05) is 45.3 Å². The summed E-state index contributed by atoms with van der Waals surface area (Å²) in [4.78, 5) is 5.03. The Bertz CT molecular complexity index is 401. The molecular weight excluding hydrogens is 262 g/mol. The number of hydrogen-bond acceptors (Lipinski definition) is 4. The maximum Gasteiger partial charge on any atom is 0.118 e. The van der Waals surface area contributed by atoms with E-state index in [1.54, 1.807) is 7.11 Å². The SMILES string of the molecule is CCC(c1ccc(OC)cc1)N(C)CCN1CCNCC1. The van der Waals surface area contributed by atoms with Gasteiger partial charge in [-0.05, 0) is 31.2 Å². The smallest absolute Gasteiger partial charge is 0.118 e. The maximum atomic E-state index is 5.24. The molecule has 0 amide bonds. The summed E-state index contributed by atoms with van der Waals surface area (Å²) in [5.41, 5.74) is 1.38. The number of piperazine rings is 1. The van der Waals surface area contributed by atoms with E-state index in [9.17, 15) is 0 Å². The molecule has 1 aromatic rings. The van der Waals surface area contributed by atoms with E-state index in [2.05, 4.69) is 53.4 Å². The minimum absolute atomic E-state index is 0.485. The van der Waals surface area contributed by atoms with E-state index in [-0.39, 0.29) is 0 Å². The van der Waals surface area contributed by atoms with E-state index >= 15 is 0 Å². The van der Waals surface area contributed by atoms with Gasteiger partial charge in [-0.15, -0.1) is 0 Å². The first-order valence-corrected chi connectivity index (χ1v) is 8.02. The zero-order valence-corrected chi connectivity index (χ0v) is 13.6. The van der Waals surface area contributed by atoms with E-state index in [1.807, 2.05) is 0 Å². The summed E-state index contributed by atoms with van der Waals surface area (Å²) >= 11 is 0. The van der Waals surface area contributed by atoms with Gasteiger partial charge in [0.1, 0.15) is 5.75 Å². The summed E-state index contributed by atoms with van der Waals surface area (Å²) < 4.78 is 5.24. The number of rotatable bonds is 7. The summed E-state index contributed by atoms with van der Waals surface area (Å²) in [6, 6.07) is 8.98. The molecule has 0 radical (unpaired) electrons. The number of nitrogens with one attached hydrogen (secondary N) is 1. The number of likely N-dealkylation sites (N-methyl/N-ethyl adjacent to an activating group) is 1. The van der Waals surface area contributed by atoms with Gasteiger partial charge in [-0.2, -0.15) is 0 Å². The Morgan fingerprint density at radius 1 is 1.24 bits per heavy atom. The fourth-order valence-corrected chi connectivity index (χ4v) is 3.02. The van der Waals surface area contributed by atoms with Crippen molar-refractivity contribution in [1.29, 1.82) is 0 Å². The second kappa shape index (κ2) is 8.37. The van der Waals surface area contributed by atoms with Crippen LogP contribution in [0.15, 0.2) is 24.3 Å². The lowest BCUT2D eigenvalue weighted by Gasteiger charge is -2.32. The first-order valence-electron chi connectivity index (χ1n) is 8.02. The lowest BCUT2D eigenvalue weighted by atomic mass is 10.0. The Balaban J connectivity index is 1.88. The summed E-state index contributed by atoms with van der Waals surface area (Å²) in [6.07, 6.45) is 1.13. The Morgan fingerprint density at radius 3 is 2.48 bits per heavy atom. The van der Waals surface area contributed by atoms with Crippen molar-refractivity contribution in [2.24, 2.45) is 0 Å². The average molecular weight is 291 g/mol. The van der Waals surface area contributed by atoms with Crippen LogP contribution in [0.25, 0.3) is 0 Å². The van der Waals surface area contributed by atoms with Crippen LogP contribution in [0.3, 0.4) is 0 Å². The van der Waals surface area contributed by atoms with Crippen LogP contribution in [0.5, 0.6) is 5.75 Å². The van der Waals surface area contributed by atoms with Crippen molar-refractivity contribution in [3.63, 3.8) is 0 Å². The normalized spacial score (nSPS) is 17.9. The standard InChI is InChI=1S/C17H29N3O/c1-4-17(15-5-7-16(21-3)8-6-15)19(2)13-14-20-11-9-18-10-12-20/h5-8,17-18H,4,9-14H2,1-3H3. The molecule has 1 saturated heterocycles. The molecule has 0 spiro atoms. The van der Waals surface area contributed by atoms with E-state index in [1.165, 1.54) is 18.7 Å². The zero-order chi connectivity index (χ0) is 15.1. The molecule has 0 aromatic heterocycles. The van der Waals surface area contributed by atoms with Crippen LogP contribution in [0, 0.1) is 0 Å². The quantitative estimate of drug-likeness (QED) is 0.831. The Morgan fingerprint density at radius 2 is 1.90 bits per heavy atom. The zero-order valence-electron chi connectivity index (χ0n) is 13.6. The number of benzene rings is 1. The summed E-state index contributed by atoms with van der Waals surface area (Å²) in [5.74, 6) is 0.928. The highest BCUT2D eigenvalue weighted by atomic mass is 16.5. The molecule has 1 heterocycles. The van der Waals surface area contributed by atoms with Crippen LogP contribution in [0.2, 0.25) is 0 Å². The van der Waals surface area contributed by atoms with Crippen molar-refractivity contribution in [1.82, 2.24) is 15.1 Å². The van der Waals surface area contributed by atoms with E-state index in [0.29, 0.717) is 6.04 Å². The Hall–Kier alpha value is -1.10. The van der Waals surface area contributed by atoms with Crippen LogP contribution in [0.4, 0.5) is 0 Å². The number of hydrogen-bond donors (Lipinski definition) is 1. The van der Waals surface area contributed by atoms with Crippen LogP contribution in [-0.4, -0.2) is 63.2 Å². The highest BCUT2D eigenvalue weighted by Gasteiger charge is 2.17. The highest BCUT2D eigenvalue weighted by molar-refractivity contribution is 5.29. The minimum Gasteiger partial charge on any atom is -0.497 e. The molecule has 1 aliphatic heterocycles. The summed E-state index contributed by atoms with van der Waals surface area (Å²) in [6.45, 7) is 9.13. The molecule has 21 heavy (non-hydrogen) atoms. The third-order valence-electron chi connectivity index (χ3n) is 4.40. The van der Waals surface area contributed by atoms with Crippen LogP contribution < -0.4 is 10.1 Å². The van der Waals surface area contributed by atoms with Crippen LogP contribution in [-0.2, 0) is 0 Å². The fourth-order valence-electron chi connectivity index (χ4n) is 3.02. The summed E-state index contributed by atoms with van der Waals surface area (Å²) in [7, 11) is 3.95. The van der Waals surface area contributed by atoms with Crippen molar-refractivity contribution in [3.8, 4) is 5.75 Å². The predicted molar refractivity (Wildman–Crippen MR) is 88.0 cm³/mol. The van der Waals surface area contributed by atoms with Crippen molar-refractivity contribution in [2.45, 2.75) is 19.4 Å². The third kappa shape index (κ3) is 4.70. The molecule has 0 aliphatic carbocycles. The number of methoxy groups -OCH3 is 1. The van der Waals surface area contributed by atoms with Crippen molar-refractivity contribution >= 4 is 0 Å². The molecule has 2 rings (SSSR count). The first kappa shape index (κ1) is 16.3. The molecule has 1 aliphatic rings. The second-order valence-corrected chi connectivity index (χ2v) is 5.77. The van der Waals surface area contributed by atoms with Gasteiger partial charge in [0.15, 0.2) is 0 Å². The Kier molecular flexibility index (Phi) is 6.49. The summed E-state index contributed by atoms with van der Waals surface area (Å²) in [5, 5.41) is 3.41. The molecule has 0 bridgehead atoms. The van der Waals surface area contributed by atoms with Crippen molar-refractivity contribution in [3.05, 3.63) is 29.8 Å². The lowest BCUT2D eigenvalue weighted by Crippen LogP contribution is -2.46. The van der Waals surface area contributed by atoms with Crippen molar-refractivity contribution in [2.75, 3.05) is 53.4 Å². The van der Waals surface area contributed by atoms with Gasteiger partial charge in [0.2, 0.25) is 0 Å². The molecule has 4 heteroatoms. The van der Waals surface area contributed by atoms with Gasteiger partial charge in [-0.1, -0.05) is 19.1 Å². The molecule has 1 atom stereocenters. The van der Waals surface area contributed by atoms with Gasteiger partial charge < -0.3 is 10.1 Å². The predicted octanol–water partition coefficient (Wildman–Crippen LogP) is 1.98. The highest BCUT2D eigenvalue weighted by Crippen LogP contribution is 2.24. The molecule has 0 saturated carbocycles. The fraction of sp³-hybridized carbons (Fsp3) is 0.647. The number of ether oxygens (including phenoxy) is 1. The molecular formula is C17H29N3O. The third-order valence-corrected chi connectivity index (χ3v) is 4.40. The maximum absolute atomic E-state index is 5.24. The van der Waals surface area contributed by atoms with Gasteiger partial charge in [-0.3, -0.25) is 9.80 Å². The van der Waals surface area contributed by atoms with Crippen LogP contribution in [0.1, 0.15) is 24.9 Å². The Labute approximate surface area is 129 Å². The van der Waals surface area contributed by atoms with E-state index in [0.717, 1.165) is 38.3 Å². The van der Waals surface area contributed by atoms with Crippen molar-refractivity contribution < 1.29 is 4.74 Å². The monoisotopic (exact) mass is 291 g/mol. The molecule has 4 nitrogen and oxygen atoms in total. The van der Waals surface area contributed by atoms with Gasteiger partial charge in [0.25, 0.3) is 0 Å². The van der Waals surface area contributed by atoms with Gasteiger partial charge in [0.05, 0.1) is 7.11 Å². The molecule has 1 N–H and O–H groups in total. The molecule has 1 fully saturated rings.